The average molecular weight is 418 g/mol. The molecule has 2 heterocycles. The first-order valence-electron chi connectivity index (χ1n) is 9.88. The van der Waals surface area contributed by atoms with Gasteiger partial charge in [0.25, 0.3) is 5.91 Å². The molecule has 0 unspecified atom stereocenters. The van der Waals surface area contributed by atoms with Crippen molar-refractivity contribution in [1.29, 1.82) is 0 Å². The Bertz CT molecular complexity index is 867. The number of thioether (sulfide) groups is 1. The van der Waals surface area contributed by atoms with Crippen LogP contribution in [0.4, 0.5) is 4.39 Å². The van der Waals surface area contributed by atoms with Crippen LogP contribution in [0.25, 0.3) is 11.3 Å². The molecule has 0 bridgehead atoms. The minimum absolute atomic E-state index is 0.0177. The predicted molar refractivity (Wildman–Crippen MR) is 115 cm³/mol. The summed E-state index contributed by atoms with van der Waals surface area (Å²) in [5.41, 5.74) is 1.08. The second kappa shape index (κ2) is 9.24. The van der Waals surface area contributed by atoms with Crippen molar-refractivity contribution in [1.82, 2.24) is 15.2 Å². The van der Waals surface area contributed by atoms with Crippen LogP contribution in [-0.2, 0) is 6.54 Å². The normalized spacial score (nSPS) is 16.7. The molecule has 1 atom stereocenters. The van der Waals surface area contributed by atoms with Crippen LogP contribution in [-0.4, -0.2) is 51.2 Å². The summed E-state index contributed by atoms with van der Waals surface area (Å²) < 4.78 is 14.3. The van der Waals surface area contributed by atoms with Crippen LogP contribution in [0.3, 0.4) is 0 Å². The highest BCUT2D eigenvalue weighted by molar-refractivity contribution is 7.99. The third-order valence-corrected chi connectivity index (χ3v) is 6.30. The first kappa shape index (κ1) is 21.7. The van der Waals surface area contributed by atoms with Crippen LogP contribution in [0.1, 0.15) is 36.8 Å². The fraction of sp³-hybridized carbons (Fsp3) is 0.455. The second-order valence-corrected chi connectivity index (χ2v) is 8.99. The van der Waals surface area contributed by atoms with E-state index in [1.54, 1.807) is 19.1 Å². The fourth-order valence-corrected chi connectivity index (χ4v) is 3.90. The lowest BCUT2D eigenvalue weighted by Crippen LogP contribution is -2.46. The number of hydrogen-bond donors (Lipinski definition) is 2. The van der Waals surface area contributed by atoms with Gasteiger partial charge in [-0.15, -0.1) is 0 Å². The van der Waals surface area contributed by atoms with Crippen molar-refractivity contribution in [2.45, 2.75) is 33.0 Å². The fourth-order valence-electron chi connectivity index (χ4n) is 3.00. The smallest absolute Gasteiger partial charge is 0.253 e. The van der Waals surface area contributed by atoms with Gasteiger partial charge in [0, 0.05) is 42.3 Å². The van der Waals surface area contributed by atoms with Crippen molar-refractivity contribution in [3.05, 3.63) is 53.5 Å². The first-order valence-corrected chi connectivity index (χ1v) is 11.0. The summed E-state index contributed by atoms with van der Waals surface area (Å²) in [6, 6.07) is 10.3. The van der Waals surface area contributed by atoms with E-state index in [2.05, 4.69) is 10.3 Å². The molecule has 7 heteroatoms. The van der Waals surface area contributed by atoms with Crippen LogP contribution in [0, 0.1) is 11.7 Å². The minimum Gasteiger partial charge on any atom is -0.376 e. The third kappa shape index (κ3) is 5.35. The number of pyridine rings is 1. The van der Waals surface area contributed by atoms with Crippen LogP contribution in [0.5, 0.6) is 0 Å². The van der Waals surface area contributed by atoms with E-state index in [1.165, 1.54) is 6.07 Å². The van der Waals surface area contributed by atoms with Crippen molar-refractivity contribution < 1.29 is 14.3 Å². The van der Waals surface area contributed by atoms with Gasteiger partial charge in [-0.25, -0.2) is 9.37 Å². The molecular weight excluding hydrogens is 389 g/mol. The van der Waals surface area contributed by atoms with Crippen molar-refractivity contribution in [3.63, 3.8) is 0 Å². The number of rotatable bonds is 6. The van der Waals surface area contributed by atoms with Crippen LogP contribution in [0.2, 0.25) is 0 Å². The summed E-state index contributed by atoms with van der Waals surface area (Å²) in [5.74, 6) is 1.47. The molecule has 0 radical (unpaired) electrons. The Labute approximate surface area is 175 Å². The molecule has 3 rings (SSSR count). The lowest BCUT2D eigenvalue weighted by Gasteiger charge is -2.29. The number of nitrogens with zero attached hydrogens (tertiary/aromatic N) is 2. The number of carbonyl (C=O) groups excluding carboxylic acids is 1. The van der Waals surface area contributed by atoms with E-state index < -0.39 is 11.5 Å². The van der Waals surface area contributed by atoms with E-state index in [0.29, 0.717) is 11.3 Å². The molecule has 2 N–H and O–H groups in total. The molecule has 1 saturated heterocycles. The van der Waals surface area contributed by atoms with Crippen LogP contribution >= 0.6 is 11.8 Å². The molecule has 29 heavy (non-hydrogen) atoms. The van der Waals surface area contributed by atoms with Gasteiger partial charge in [0.15, 0.2) is 0 Å². The highest BCUT2D eigenvalue weighted by Gasteiger charge is 2.24. The molecule has 1 aliphatic heterocycles. The monoisotopic (exact) mass is 417 g/mol. The van der Waals surface area contributed by atoms with Gasteiger partial charge in [0.2, 0.25) is 0 Å². The SMILES string of the molecule is CC(C)[C@@](C)(O)NCc1nc(-c2cccc(C(=O)N3CCSCC3)c2)ccc1F. The summed E-state index contributed by atoms with van der Waals surface area (Å²) in [6.45, 7) is 7.05. The largest absolute Gasteiger partial charge is 0.376 e. The molecule has 1 aliphatic rings. The van der Waals surface area contributed by atoms with Gasteiger partial charge < -0.3 is 10.0 Å². The maximum absolute atomic E-state index is 14.3. The first-order chi connectivity index (χ1) is 13.8. The molecule has 1 aromatic carbocycles. The van der Waals surface area contributed by atoms with Gasteiger partial charge in [-0.1, -0.05) is 26.0 Å². The van der Waals surface area contributed by atoms with Gasteiger partial charge in [-0.05, 0) is 37.1 Å². The molecular formula is C22H28FN3O2S. The minimum atomic E-state index is -1.12. The lowest BCUT2D eigenvalue weighted by atomic mass is 10.0. The van der Waals surface area contributed by atoms with Gasteiger partial charge in [-0.3, -0.25) is 10.1 Å². The van der Waals surface area contributed by atoms with Gasteiger partial charge in [0.1, 0.15) is 11.5 Å². The Balaban J connectivity index is 1.81. The van der Waals surface area contributed by atoms with Gasteiger partial charge in [-0.2, -0.15) is 11.8 Å². The van der Waals surface area contributed by atoms with Gasteiger partial charge in [0.05, 0.1) is 11.4 Å². The molecule has 0 saturated carbocycles. The number of benzene rings is 1. The number of aliphatic hydroxyl groups is 1. The summed E-state index contributed by atoms with van der Waals surface area (Å²) in [7, 11) is 0. The Morgan fingerprint density at radius 2 is 2.03 bits per heavy atom. The highest BCUT2D eigenvalue weighted by atomic mass is 32.2. The molecule has 0 spiro atoms. The Hall–Kier alpha value is -1.96. The van der Waals surface area contributed by atoms with E-state index in [-0.39, 0.29) is 24.1 Å². The van der Waals surface area contributed by atoms with E-state index in [4.69, 9.17) is 0 Å². The highest BCUT2D eigenvalue weighted by Crippen LogP contribution is 2.22. The quantitative estimate of drug-likeness (QED) is 0.704. The van der Waals surface area contributed by atoms with Crippen molar-refractivity contribution in [2.75, 3.05) is 24.6 Å². The maximum atomic E-state index is 14.3. The number of halogens is 1. The maximum Gasteiger partial charge on any atom is 0.253 e. The molecule has 156 valence electrons. The molecule has 1 fully saturated rings. The van der Waals surface area contributed by atoms with Crippen molar-refractivity contribution in [2.24, 2.45) is 5.92 Å². The molecule has 1 aromatic heterocycles. The standard InChI is InChI=1S/C22H28FN3O2S/c1-15(2)22(3,28)24-14-20-18(23)7-8-19(25-20)16-5-4-6-17(13-16)21(27)26-9-11-29-12-10-26/h4-8,13,15,24,28H,9-12,14H2,1-3H3/t22-/m1/s1. The number of hydrogen-bond acceptors (Lipinski definition) is 5. The van der Waals surface area contributed by atoms with E-state index >= 15 is 0 Å². The Kier molecular flexibility index (Phi) is 6.93. The number of carbonyl (C=O) groups is 1. The second-order valence-electron chi connectivity index (χ2n) is 7.77. The van der Waals surface area contributed by atoms with E-state index in [0.717, 1.165) is 30.2 Å². The molecule has 1 amide bonds. The van der Waals surface area contributed by atoms with Crippen molar-refractivity contribution in [3.8, 4) is 11.3 Å². The summed E-state index contributed by atoms with van der Waals surface area (Å²) in [6.07, 6.45) is 0. The summed E-state index contributed by atoms with van der Waals surface area (Å²) in [5, 5.41) is 13.3. The predicted octanol–water partition coefficient (Wildman–Crippen LogP) is 3.53. The zero-order chi connectivity index (χ0) is 21.0. The Morgan fingerprint density at radius 3 is 2.72 bits per heavy atom. The van der Waals surface area contributed by atoms with Crippen molar-refractivity contribution >= 4 is 17.7 Å². The Morgan fingerprint density at radius 1 is 1.31 bits per heavy atom. The topological polar surface area (TPSA) is 65.5 Å². The van der Waals surface area contributed by atoms with E-state index in [1.807, 2.05) is 48.7 Å². The molecule has 5 nitrogen and oxygen atoms in total. The zero-order valence-corrected chi connectivity index (χ0v) is 17.9. The third-order valence-electron chi connectivity index (χ3n) is 5.36. The van der Waals surface area contributed by atoms with E-state index in [9.17, 15) is 14.3 Å². The summed E-state index contributed by atoms with van der Waals surface area (Å²) >= 11 is 1.86. The van der Waals surface area contributed by atoms with Crippen LogP contribution < -0.4 is 5.32 Å². The number of amides is 1. The summed E-state index contributed by atoms with van der Waals surface area (Å²) in [4.78, 5) is 19.1. The number of nitrogens with one attached hydrogen (secondary N) is 1. The molecule has 2 aromatic rings. The zero-order valence-electron chi connectivity index (χ0n) is 17.1. The van der Waals surface area contributed by atoms with Crippen LogP contribution in [0.15, 0.2) is 36.4 Å². The number of aromatic nitrogens is 1. The lowest BCUT2D eigenvalue weighted by molar-refractivity contribution is -0.0219. The van der Waals surface area contributed by atoms with Gasteiger partial charge >= 0.3 is 0 Å². The average Bonchev–Trinajstić information content (AvgIpc) is 2.73. The molecule has 0 aliphatic carbocycles.